The third kappa shape index (κ3) is 2.77. The molecule has 0 saturated carbocycles. The Hall–Kier alpha value is -2.02. The summed E-state index contributed by atoms with van der Waals surface area (Å²) < 4.78 is 0. The maximum absolute atomic E-state index is 5.65. The summed E-state index contributed by atoms with van der Waals surface area (Å²) in [6.45, 7) is 0. The number of thiophene rings is 1. The van der Waals surface area contributed by atoms with Crippen molar-refractivity contribution in [1.29, 1.82) is 0 Å². The van der Waals surface area contributed by atoms with Gasteiger partial charge in [-0.1, -0.05) is 24.3 Å². The Morgan fingerprint density at radius 1 is 1.20 bits per heavy atom. The molecule has 3 aromatic rings. The van der Waals surface area contributed by atoms with Gasteiger partial charge >= 0.3 is 0 Å². The lowest BCUT2D eigenvalue weighted by Crippen LogP contribution is -2.29. The molecule has 0 spiro atoms. The lowest BCUT2D eigenvalue weighted by Gasteiger charge is -2.11. The quantitative estimate of drug-likeness (QED) is 0.556. The van der Waals surface area contributed by atoms with Crippen molar-refractivity contribution >= 4 is 11.3 Å². The van der Waals surface area contributed by atoms with Crippen molar-refractivity contribution in [2.45, 2.75) is 12.5 Å². The molecule has 1 atom stereocenters. The van der Waals surface area contributed by atoms with Gasteiger partial charge in [0, 0.05) is 11.3 Å². The smallest absolute Gasteiger partial charge is 0.102 e. The van der Waals surface area contributed by atoms with Gasteiger partial charge in [0.25, 0.3) is 0 Å². The van der Waals surface area contributed by atoms with Crippen LogP contribution in [0.1, 0.15) is 16.6 Å². The highest BCUT2D eigenvalue weighted by atomic mass is 32.1. The Labute approximate surface area is 121 Å². The van der Waals surface area contributed by atoms with E-state index < -0.39 is 0 Å². The van der Waals surface area contributed by atoms with Gasteiger partial charge in [0.1, 0.15) is 5.69 Å². The van der Waals surface area contributed by atoms with E-state index >= 15 is 0 Å². The lowest BCUT2D eigenvalue weighted by atomic mass is 10.1. The minimum absolute atomic E-state index is 0.0360. The molecule has 0 saturated heterocycles. The molecule has 0 fully saturated rings. The summed E-state index contributed by atoms with van der Waals surface area (Å²) in [4.78, 5) is 2.89. The molecule has 3 N–H and O–H groups in total. The van der Waals surface area contributed by atoms with E-state index in [9.17, 15) is 0 Å². The standard InChI is InChI=1S/C14H15N5S/c15-17-13(9-12-7-4-8-20-12)14-10-16-19(18-14)11-5-2-1-3-6-11/h1-8,10,13,17H,9,15H2. The summed E-state index contributed by atoms with van der Waals surface area (Å²) in [5.41, 5.74) is 4.59. The highest BCUT2D eigenvalue weighted by Gasteiger charge is 2.15. The number of hydrogen-bond donors (Lipinski definition) is 2. The van der Waals surface area contributed by atoms with Gasteiger partial charge in [-0.05, 0) is 23.6 Å². The van der Waals surface area contributed by atoms with Crippen LogP contribution in [-0.2, 0) is 6.42 Å². The Bertz CT molecular complexity index is 647. The normalized spacial score (nSPS) is 12.4. The van der Waals surface area contributed by atoms with Crippen molar-refractivity contribution in [2.24, 2.45) is 5.84 Å². The second-order valence-corrected chi connectivity index (χ2v) is 5.43. The van der Waals surface area contributed by atoms with E-state index in [4.69, 9.17) is 5.84 Å². The van der Waals surface area contributed by atoms with E-state index in [1.165, 1.54) is 4.88 Å². The average molecular weight is 285 g/mol. The molecule has 1 unspecified atom stereocenters. The van der Waals surface area contributed by atoms with E-state index in [1.54, 1.807) is 22.3 Å². The molecule has 2 heterocycles. The first-order chi connectivity index (χ1) is 9.86. The molecule has 0 amide bonds. The van der Waals surface area contributed by atoms with Crippen LogP contribution in [0.4, 0.5) is 0 Å². The molecule has 102 valence electrons. The fourth-order valence-corrected chi connectivity index (χ4v) is 2.75. The molecule has 2 aromatic heterocycles. The number of hydrogen-bond acceptors (Lipinski definition) is 5. The van der Waals surface area contributed by atoms with E-state index in [-0.39, 0.29) is 6.04 Å². The van der Waals surface area contributed by atoms with E-state index in [1.807, 2.05) is 36.4 Å². The Morgan fingerprint density at radius 2 is 2.05 bits per heavy atom. The number of aromatic nitrogens is 3. The van der Waals surface area contributed by atoms with Gasteiger partial charge in [-0.2, -0.15) is 15.0 Å². The van der Waals surface area contributed by atoms with Gasteiger partial charge in [0.15, 0.2) is 0 Å². The van der Waals surface area contributed by atoms with Crippen LogP contribution < -0.4 is 11.3 Å². The van der Waals surface area contributed by atoms with Gasteiger partial charge in [0.2, 0.25) is 0 Å². The van der Waals surface area contributed by atoms with Crippen LogP contribution in [0.15, 0.2) is 54.0 Å². The maximum Gasteiger partial charge on any atom is 0.102 e. The summed E-state index contributed by atoms with van der Waals surface area (Å²) in [6.07, 6.45) is 2.56. The van der Waals surface area contributed by atoms with Crippen molar-refractivity contribution in [1.82, 2.24) is 20.4 Å². The monoisotopic (exact) mass is 285 g/mol. The molecule has 5 nitrogen and oxygen atoms in total. The summed E-state index contributed by atoms with van der Waals surface area (Å²) in [6, 6.07) is 13.9. The van der Waals surface area contributed by atoms with Crippen LogP contribution in [0, 0.1) is 0 Å². The topological polar surface area (TPSA) is 68.8 Å². The molecular formula is C14H15N5S. The molecule has 1 aromatic carbocycles. The highest BCUT2D eigenvalue weighted by molar-refractivity contribution is 7.09. The van der Waals surface area contributed by atoms with Gasteiger partial charge in [-0.3, -0.25) is 11.3 Å². The Balaban J connectivity index is 1.81. The largest absolute Gasteiger partial charge is 0.271 e. The minimum Gasteiger partial charge on any atom is -0.271 e. The number of benzene rings is 1. The number of nitrogens with zero attached hydrogens (tertiary/aromatic N) is 3. The maximum atomic E-state index is 5.65. The van der Waals surface area contributed by atoms with Crippen molar-refractivity contribution in [3.63, 3.8) is 0 Å². The number of hydrazine groups is 1. The molecule has 0 bridgehead atoms. The van der Waals surface area contributed by atoms with Crippen LogP contribution in [0.25, 0.3) is 5.69 Å². The first kappa shape index (κ1) is 13.0. The molecular weight excluding hydrogens is 270 g/mol. The van der Waals surface area contributed by atoms with Crippen molar-refractivity contribution in [3.8, 4) is 5.69 Å². The summed E-state index contributed by atoms with van der Waals surface area (Å²) in [5.74, 6) is 5.65. The van der Waals surface area contributed by atoms with Crippen molar-refractivity contribution in [3.05, 3.63) is 64.6 Å². The van der Waals surface area contributed by atoms with E-state index in [0.717, 1.165) is 17.8 Å². The number of para-hydroxylation sites is 1. The molecule has 0 aliphatic heterocycles. The van der Waals surface area contributed by atoms with Gasteiger partial charge in [0.05, 0.1) is 17.9 Å². The predicted molar refractivity (Wildman–Crippen MR) is 79.4 cm³/mol. The van der Waals surface area contributed by atoms with Crippen molar-refractivity contribution < 1.29 is 0 Å². The Morgan fingerprint density at radius 3 is 2.75 bits per heavy atom. The third-order valence-corrected chi connectivity index (χ3v) is 3.94. The molecule has 0 aliphatic carbocycles. The average Bonchev–Trinajstić information content (AvgIpc) is 3.17. The first-order valence-corrected chi connectivity index (χ1v) is 7.21. The molecule has 0 aliphatic rings. The molecule has 20 heavy (non-hydrogen) atoms. The summed E-state index contributed by atoms with van der Waals surface area (Å²) >= 11 is 1.71. The molecule has 6 heteroatoms. The van der Waals surface area contributed by atoms with Gasteiger partial charge in [-0.15, -0.1) is 11.3 Å². The summed E-state index contributed by atoms with van der Waals surface area (Å²) in [7, 11) is 0. The second kappa shape index (κ2) is 5.96. The second-order valence-electron chi connectivity index (χ2n) is 4.40. The Kier molecular flexibility index (Phi) is 3.87. The summed E-state index contributed by atoms with van der Waals surface area (Å²) in [5, 5.41) is 10.9. The molecule has 3 rings (SSSR count). The minimum atomic E-state index is -0.0360. The van der Waals surface area contributed by atoms with E-state index in [2.05, 4.69) is 27.1 Å². The van der Waals surface area contributed by atoms with Gasteiger partial charge in [-0.25, -0.2) is 0 Å². The van der Waals surface area contributed by atoms with E-state index in [0.29, 0.717) is 0 Å². The zero-order valence-electron chi connectivity index (χ0n) is 10.8. The predicted octanol–water partition coefficient (Wildman–Crippen LogP) is 2.08. The number of nitrogens with one attached hydrogen (secondary N) is 1. The fraction of sp³-hybridized carbons (Fsp3) is 0.143. The highest BCUT2D eigenvalue weighted by Crippen LogP contribution is 2.19. The fourth-order valence-electron chi connectivity index (χ4n) is 2.00. The van der Waals surface area contributed by atoms with Crippen LogP contribution in [0.3, 0.4) is 0 Å². The third-order valence-electron chi connectivity index (χ3n) is 3.04. The molecule has 0 radical (unpaired) electrons. The van der Waals surface area contributed by atoms with Crippen LogP contribution >= 0.6 is 11.3 Å². The zero-order valence-corrected chi connectivity index (χ0v) is 11.6. The van der Waals surface area contributed by atoms with Crippen LogP contribution in [-0.4, -0.2) is 15.0 Å². The zero-order chi connectivity index (χ0) is 13.8. The SMILES string of the molecule is NNC(Cc1cccs1)c1cnn(-c2ccccc2)n1. The first-order valence-electron chi connectivity index (χ1n) is 6.33. The van der Waals surface area contributed by atoms with Crippen LogP contribution in [0.5, 0.6) is 0 Å². The number of nitrogens with two attached hydrogens (primary N) is 1. The lowest BCUT2D eigenvalue weighted by molar-refractivity contribution is 0.536. The van der Waals surface area contributed by atoms with Crippen LogP contribution in [0.2, 0.25) is 0 Å². The number of rotatable bonds is 5. The van der Waals surface area contributed by atoms with Gasteiger partial charge < -0.3 is 0 Å². The van der Waals surface area contributed by atoms with Crippen molar-refractivity contribution in [2.75, 3.05) is 0 Å².